The number of nitrogens with zero attached hydrogens (tertiary/aromatic N) is 1. The maximum absolute atomic E-state index is 13.0. The molecular weight excluding hydrogens is 173 g/mol. The maximum Gasteiger partial charge on any atom is 0.188 e. The molecule has 1 heterocycles. The van der Waals surface area contributed by atoms with E-state index >= 15 is 0 Å². The predicted octanol–water partition coefficient (Wildman–Crippen LogP) is 0.995. The first-order valence-corrected chi connectivity index (χ1v) is 3.91. The number of pyridine rings is 1. The Bertz CT molecular complexity index is 331. The van der Waals surface area contributed by atoms with E-state index < -0.39 is 11.6 Å². The molecule has 72 valence electrons. The Kier molecular flexibility index (Phi) is 2.36. The van der Waals surface area contributed by atoms with Crippen molar-refractivity contribution in [3.63, 3.8) is 0 Å². The van der Waals surface area contributed by atoms with Crippen LogP contribution >= 0.6 is 0 Å². The molecule has 0 saturated heterocycles. The van der Waals surface area contributed by atoms with Gasteiger partial charge in [0.2, 0.25) is 0 Å². The summed E-state index contributed by atoms with van der Waals surface area (Å²) in [6.45, 7) is 4.30. The fraction of sp³-hybridized carbons (Fsp3) is 0.444. The minimum absolute atomic E-state index is 0.0931. The van der Waals surface area contributed by atoms with Gasteiger partial charge in [-0.2, -0.15) is 0 Å². The Hall–Kier alpha value is -1.00. The molecule has 0 fully saturated rings. The second-order valence-corrected chi connectivity index (χ2v) is 3.21. The molecule has 0 unspecified atom stereocenters. The summed E-state index contributed by atoms with van der Waals surface area (Å²) < 4.78 is 13.0. The topological polar surface area (TPSA) is 53.4 Å². The molecule has 3 nitrogen and oxygen atoms in total. The van der Waals surface area contributed by atoms with Gasteiger partial charge in [0.15, 0.2) is 5.79 Å². The van der Waals surface area contributed by atoms with Crippen molar-refractivity contribution >= 4 is 0 Å². The Balaban J connectivity index is 3.32. The first-order valence-electron chi connectivity index (χ1n) is 3.91. The monoisotopic (exact) mass is 185 g/mol. The highest BCUT2D eigenvalue weighted by Crippen LogP contribution is 2.21. The van der Waals surface area contributed by atoms with Crippen molar-refractivity contribution in [2.45, 2.75) is 26.6 Å². The zero-order valence-corrected chi connectivity index (χ0v) is 7.80. The molecule has 0 spiro atoms. The fourth-order valence-corrected chi connectivity index (χ4v) is 1.18. The third-order valence-electron chi connectivity index (χ3n) is 1.85. The van der Waals surface area contributed by atoms with Crippen molar-refractivity contribution < 1.29 is 14.6 Å². The third kappa shape index (κ3) is 2.02. The Morgan fingerprint density at radius 3 is 2.31 bits per heavy atom. The second kappa shape index (κ2) is 3.05. The molecule has 1 aromatic heterocycles. The minimum atomic E-state index is -2.04. The van der Waals surface area contributed by atoms with Crippen molar-refractivity contribution in [1.82, 2.24) is 4.98 Å². The number of aliphatic hydroxyl groups is 2. The average Bonchev–Trinajstić information content (AvgIpc) is 1.94. The summed E-state index contributed by atoms with van der Waals surface area (Å²) in [7, 11) is 0. The number of aromatic nitrogens is 1. The van der Waals surface area contributed by atoms with Crippen molar-refractivity contribution in [3.05, 3.63) is 28.8 Å². The van der Waals surface area contributed by atoms with E-state index in [2.05, 4.69) is 4.98 Å². The summed E-state index contributed by atoms with van der Waals surface area (Å²) in [4.78, 5) is 3.84. The van der Waals surface area contributed by atoms with Crippen LogP contribution in [-0.2, 0) is 5.79 Å². The molecule has 0 aliphatic carbocycles. The van der Waals surface area contributed by atoms with Crippen LogP contribution in [0.5, 0.6) is 0 Å². The molecule has 4 heteroatoms. The largest absolute Gasteiger partial charge is 0.362 e. The first kappa shape index (κ1) is 10.1. The molecule has 2 N–H and O–H groups in total. The number of halogens is 1. The summed E-state index contributed by atoms with van der Waals surface area (Å²) in [5, 5.41) is 18.5. The van der Waals surface area contributed by atoms with Crippen LogP contribution in [0.1, 0.15) is 23.9 Å². The normalized spacial score (nSPS) is 11.8. The molecule has 0 radical (unpaired) electrons. The quantitative estimate of drug-likeness (QED) is 0.641. The van der Waals surface area contributed by atoms with E-state index in [0.29, 0.717) is 5.69 Å². The van der Waals surface area contributed by atoms with E-state index in [1.54, 1.807) is 6.92 Å². The summed E-state index contributed by atoms with van der Waals surface area (Å²) >= 11 is 0. The highest BCUT2D eigenvalue weighted by molar-refractivity contribution is 5.26. The zero-order valence-electron chi connectivity index (χ0n) is 7.80. The zero-order chi connectivity index (χ0) is 10.2. The molecule has 0 bridgehead atoms. The highest BCUT2D eigenvalue weighted by atomic mass is 19.1. The van der Waals surface area contributed by atoms with Crippen LogP contribution in [0.15, 0.2) is 6.07 Å². The van der Waals surface area contributed by atoms with Crippen LogP contribution in [0.2, 0.25) is 0 Å². The van der Waals surface area contributed by atoms with Crippen molar-refractivity contribution in [1.29, 1.82) is 0 Å². The Labute approximate surface area is 75.9 Å². The van der Waals surface area contributed by atoms with Gasteiger partial charge in [0.1, 0.15) is 5.82 Å². The van der Waals surface area contributed by atoms with E-state index in [9.17, 15) is 14.6 Å². The van der Waals surface area contributed by atoms with Crippen molar-refractivity contribution in [2.24, 2.45) is 0 Å². The van der Waals surface area contributed by atoms with Gasteiger partial charge in [0.05, 0.1) is 5.69 Å². The maximum atomic E-state index is 13.0. The SMILES string of the molecule is Cc1nc(C)c(C(C)(O)O)cc1F. The fourth-order valence-electron chi connectivity index (χ4n) is 1.18. The molecule has 0 atom stereocenters. The molecule has 1 rings (SSSR count). The van der Waals surface area contributed by atoms with Gasteiger partial charge in [0, 0.05) is 11.3 Å². The van der Waals surface area contributed by atoms with Gasteiger partial charge in [-0.15, -0.1) is 0 Å². The van der Waals surface area contributed by atoms with Crippen LogP contribution < -0.4 is 0 Å². The molecule has 0 saturated carbocycles. The van der Waals surface area contributed by atoms with E-state index in [0.717, 1.165) is 6.07 Å². The van der Waals surface area contributed by atoms with Crippen molar-refractivity contribution in [3.8, 4) is 0 Å². The second-order valence-electron chi connectivity index (χ2n) is 3.21. The number of hydrogen-bond donors (Lipinski definition) is 2. The Morgan fingerprint density at radius 2 is 1.85 bits per heavy atom. The lowest BCUT2D eigenvalue weighted by molar-refractivity contribution is -0.153. The van der Waals surface area contributed by atoms with E-state index in [-0.39, 0.29) is 11.3 Å². The molecular formula is C9H12FNO2. The molecule has 0 amide bonds. The van der Waals surface area contributed by atoms with E-state index in [4.69, 9.17) is 0 Å². The van der Waals surface area contributed by atoms with Gasteiger partial charge in [-0.1, -0.05) is 0 Å². The summed E-state index contributed by atoms with van der Waals surface area (Å²) in [5.74, 6) is -2.57. The number of rotatable bonds is 1. The van der Waals surface area contributed by atoms with E-state index in [1.165, 1.54) is 13.8 Å². The minimum Gasteiger partial charge on any atom is -0.362 e. The number of hydrogen-bond acceptors (Lipinski definition) is 3. The van der Waals surface area contributed by atoms with Crippen LogP contribution in [0, 0.1) is 19.7 Å². The van der Waals surface area contributed by atoms with Gasteiger partial charge in [-0.3, -0.25) is 4.98 Å². The smallest absolute Gasteiger partial charge is 0.188 e. The summed E-state index contributed by atoms with van der Waals surface area (Å²) in [5.41, 5.74) is 0.771. The molecule has 0 aliphatic rings. The number of aryl methyl sites for hydroxylation is 2. The van der Waals surface area contributed by atoms with Crippen molar-refractivity contribution in [2.75, 3.05) is 0 Å². The predicted molar refractivity (Wildman–Crippen MR) is 45.5 cm³/mol. The highest BCUT2D eigenvalue weighted by Gasteiger charge is 2.23. The van der Waals surface area contributed by atoms with Gasteiger partial charge in [-0.25, -0.2) is 4.39 Å². The lowest BCUT2D eigenvalue weighted by Gasteiger charge is -2.18. The standard InChI is InChI=1S/C9H12FNO2/c1-5-7(9(3,12)13)4-8(10)6(2)11-5/h4,12-13H,1-3H3. The lowest BCUT2D eigenvalue weighted by Crippen LogP contribution is -2.22. The van der Waals surface area contributed by atoms with Gasteiger partial charge >= 0.3 is 0 Å². The van der Waals surface area contributed by atoms with Crippen LogP contribution in [-0.4, -0.2) is 15.2 Å². The third-order valence-corrected chi connectivity index (χ3v) is 1.85. The first-order chi connectivity index (χ1) is 5.82. The molecule has 0 aliphatic heterocycles. The molecule has 1 aromatic rings. The molecule has 13 heavy (non-hydrogen) atoms. The van der Waals surface area contributed by atoms with E-state index in [1.807, 2.05) is 0 Å². The van der Waals surface area contributed by atoms with Gasteiger partial charge in [-0.05, 0) is 26.8 Å². The summed E-state index contributed by atoms with van der Waals surface area (Å²) in [6, 6.07) is 1.09. The lowest BCUT2D eigenvalue weighted by atomic mass is 10.1. The summed E-state index contributed by atoms with van der Waals surface area (Å²) in [6.07, 6.45) is 0. The van der Waals surface area contributed by atoms with Gasteiger partial charge in [0.25, 0.3) is 0 Å². The van der Waals surface area contributed by atoms with Crippen LogP contribution in [0.4, 0.5) is 4.39 Å². The van der Waals surface area contributed by atoms with Crippen LogP contribution in [0.3, 0.4) is 0 Å². The molecule has 0 aromatic carbocycles. The van der Waals surface area contributed by atoms with Crippen LogP contribution in [0.25, 0.3) is 0 Å². The average molecular weight is 185 g/mol. The van der Waals surface area contributed by atoms with Gasteiger partial charge < -0.3 is 10.2 Å². The Morgan fingerprint density at radius 1 is 1.31 bits per heavy atom.